The molecule has 5 heteroatoms. The largest absolute Gasteiger partial charge is 0.341 e. The minimum atomic E-state index is 0.0927. The molecule has 3 fully saturated rings. The third-order valence-corrected chi connectivity index (χ3v) is 4.82. The summed E-state index contributed by atoms with van der Waals surface area (Å²) in [4.78, 5) is 28.0. The molecule has 106 valence electrons. The molecule has 2 amide bonds. The molecule has 0 aromatic carbocycles. The van der Waals surface area contributed by atoms with Crippen molar-refractivity contribution in [1.82, 2.24) is 15.1 Å². The number of likely N-dealkylation sites (N-methyl/N-ethyl adjacent to an activating group) is 1. The standard InChI is InChI=1S/C14H23N3O2/c1-16(9-13(18)17-6-2-3-7-17)14(19)11-8-10-4-5-12(11)15-10/h10-12,15H,2-9H2,1H3. The monoisotopic (exact) mass is 265 g/mol. The Morgan fingerprint density at radius 3 is 2.58 bits per heavy atom. The van der Waals surface area contributed by atoms with Crippen LogP contribution < -0.4 is 5.32 Å². The van der Waals surface area contributed by atoms with Gasteiger partial charge >= 0.3 is 0 Å². The fourth-order valence-electron chi connectivity index (χ4n) is 3.73. The van der Waals surface area contributed by atoms with E-state index in [4.69, 9.17) is 0 Å². The minimum absolute atomic E-state index is 0.0927. The van der Waals surface area contributed by atoms with E-state index >= 15 is 0 Å². The van der Waals surface area contributed by atoms with Crippen LogP contribution in [0.15, 0.2) is 0 Å². The lowest BCUT2D eigenvalue weighted by Gasteiger charge is -2.26. The second kappa shape index (κ2) is 5.12. The van der Waals surface area contributed by atoms with E-state index in [9.17, 15) is 9.59 Å². The Morgan fingerprint density at radius 1 is 1.26 bits per heavy atom. The van der Waals surface area contributed by atoms with Crippen LogP contribution in [0.25, 0.3) is 0 Å². The van der Waals surface area contributed by atoms with Gasteiger partial charge in [0.05, 0.1) is 12.5 Å². The molecule has 0 radical (unpaired) electrons. The molecule has 2 bridgehead atoms. The van der Waals surface area contributed by atoms with Gasteiger partial charge in [0.15, 0.2) is 0 Å². The number of hydrogen-bond donors (Lipinski definition) is 1. The lowest BCUT2D eigenvalue weighted by atomic mass is 9.88. The van der Waals surface area contributed by atoms with E-state index in [2.05, 4.69) is 5.32 Å². The fourth-order valence-corrected chi connectivity index (χ4v) is 3.73. The average Bonchev–Trinajstić information content (AvgIpc) is 3.13. The number of nitrogens with zero attached hydrogens (tertiary/aromatic N) is 2. The summed E-state index contributed by atoms with van der Waals surface area (Å²) in [5, 5.41) is 3.48. The molecule has 0 spiro atoms. The van der Waals surface area contributed by atoms with Crippen LogP contribution in [0.3, 0.4) is 0 Å². The van der Waals surface area contributed by atoms with Crippen molar-refractivity contribution in [2.75, 3.05) is 26.7 Å². The van der Waals surface area contributed by atoms with E-state index < -0.39 is 0 Å². The van der Waals surface area contributed by atoms with Crippen molar-refractivity contribution >= 4 is 11.8 Å². The van der Waals surface area contributed by atoms with Gasteiger partial charge in [-0.3, -0.25) is 9.59 Å². The SMILES string of the molecule is CN(CC(=O)N1CCCC1)C(=O)C1CC2CCC1N2. The predicted molar refractivity (Wildman–Crippen MR) is 71.5 cm³/mol. The number of nitrogens with one attached hydrogen (secondary N) is 1. The molecular formula is C14H23N3O2. The summed E-state index contributed by atoms with van der Waals surface area (Å²) in [7, 11) is 1.77. The Morgan fingerprint density at radius 2 is 2.00 bits per heavy atom. The summed E-state index contributed by atoms with van der Waals surface area (Å²) in [5.74, 6) is 0.340. The van der Waals surface area contributed by atoms with Crippen molar-refractivity contribution in [1.29, 1.82) is 0 Å². The van der Waals surface area contributed by atoms with E-state index in [-0.39, 0.29) is 24.3 Å². The zero-order chi connectivity index (χ0) is 13.4. The summed E-state index contributed by atoms with van der Waals surface area (Å²) in [5.41, 5.74) is 0. The zero-order valence-corrected chi connectivity index (χ0v) is 11.6. The molecule has 19 heavy (non-hydrogen) atoms. The third-order valence-electron chi connectivity index (χ3n) is 4.82. The molecule has 0 aliphatic carbocycles. The molecule has 0 saturated carbocycles. The number of carbonyl (C=O) groups is 2. The second-order valence-corrected chi connectivity index (χ2v) is 6.17. The molecule has 5 nitrogen and oxygen atoms in total. The fraction of sp³-hybridized carbons (Fsp3) is 0.857. The molecule has 1 N–H and O–H groups in total. The molecule has 0 aromatic heterocycles. The van der Waals surface area contributed by atoms with Crippen LogP contribution in [0.5, 0.6) is 0 Å². The summed E-state index contributed by atoms with van der Waals surface area (Å²) in [6, 6.07) is 0.878. The Balaban J connectivity index is 1.53. The van der Waals surface area contributed by atoms with E-state index in [1.165, 1.54) is 6.42 Å². The van der Waals surface area contributed by atoms with Gasteiger partial charge in [0.25, 0.3) is 0 Å². The van der Waals surface area contributed by atoms with Crippen molar-refractivity contribution in [2.45, 2.75) is 44.2 Å². The van der Waals surface area contributed by atoms with Crippen molar-refractivity contribution in [3.8, 4) is 0 Å². The van der Waals surface area contributed by atoms with Crippen LogP contribution >= 0.6 is 0 Å². The third kappa shape index (κ3) is 2.48. The highest BCUT2D eigenvalue weighted by molar-refractivity contribution is 5.86. The summed E-state index contributed by atoms with van der Waals surface area (Å²) < 4.78 is 0. The van der Waals surface area contributed by atoms with Gasteiger partial charge in [0.1, 0.15) is 0 Å². The first-order chi connectivity index (χ1) is 9.15. The molecule has 3 saturated heterocycles. The first kappa shape index (κ1) is 12.9. The van der Waals surface area contributed by atoms with E-state index in [1.54, 1.807) is 11.9 Å². The van der Waals surface area contributed by atoms with Crippen molar-refractivity contribution < 1.29 is 9.59 Å². The topological polar surface area (TPSA) is 52.7 Å². The maximum absolute atomic E-state index is 12.4. The van der Waals surface area contributed by atoms with Gasteiger partial charge in [0.2, 0.25) is 11.8 Å². The summed E-state index contributed by atoms with van der Waals surface area (Å²) >= 11 is 0. The van der Waals surface area contributed by atoms with Crippen LogP contribution in [-0.4, -0.2) is 60.4 Å². The van der Waals surface area contributed by atoms with Crippen LogP contribution in [0.4, 0.5) is 0 Å². The maximum Gasteiger partial charge on any atom is 0.242 e. The van der Waals surface area contributed by atoms with Crippen LogP contribution in [0.2, 0.25) is 0 Å². The van der Waals surface area contributed by atoms with Gasteiger partial charge in [-0.1, -0.05) is 0 Å². The Bertz CT molecular complexity index is 379. The number of carbonyl (C=O) groups excluding carboxylic acids is 2. The molecule has 3 aliphatic heterocycles. The quantitative estimate of drug-likeness (QED) is 0.793. The first-order valence-electron chi connectivity index (χ1n) is 7.44. The number of hydrogen-bond acceptors (Lipinski definition) is 3. The summed E-state index contributed by atoms with van der Waals surface area (Å²) in [6.45, 7) is 1.96. The highest BCUT2D eigenvalue weighted by Crippen LogP contribution is 2.34. The lowest BCUT2D eigenvalue weighted by molar-refractivity contribution is -0.141. The molecule has 3 atom stereocenters. The highest BCUT2D eigenvalue weighted by atomic mass is 16.2. The first-order valence-corrected chi connectivity index (χ1v) is 7.44. The van der Waals surface area contributed by atoms with Crippen molar-refractivity contribution in [3.63, 3.8) is 0 Å². The second-order valence-electron chi connectivity index (χ2n) is 6.17. The van der Waals surface area contributed by atoms with E-state index in [1.807, 2.05) is 4.90 Å². The van der Waals surface area contributed by atoms with Gasteiger partial charge in [-0.25, -0.2) is 0 Å². The zero-order valence-electron chi connectivity index (χ0n) is 11.6. The lowest BCUT2D eigenvalue weighted by Crippen LogP contribution is -2.44. The molecular weight excluding hydrogens is 242 g/mol. The van der Waals surface area contributed by atoms with Gasteiger partial charge < -0.3 is 15.1 Å². The van der Waals surface area contributed by atoms with Crippen LogP contribution in [0, 0.1) is 5.92 Å². The predicted octanol–water partition coefficient (Wildman–Crippen LogP) is 0.208. The van der Waals surface area contributed by atoms with Crippen molar-refractivity contribution in [3.05, 3.63) is 0 Å². The number of amides is 2. The van der Waals surface area contributed by atoms with Crippen LogP contribution in [0.1, 0.15) is 32.1 Å². The Kier molecular flexibility index (Phi) is 3.48. The van der Waals surface area contributed by atoms with Crippen molar-refractivity contribution in [2.24, 2.45) is 5.92 Å². The molecule has 3 rings (SSSR count). The van der Waals surface area contributed by atoms with Gasteiger partial charge in [-0.05, 0) is 32.1 Å². The minimum Gasteiger partial charge on any atom is -0.341 e. The van der Waals surface area contributed by atoms with Crippen LogP contribution in [-0.2, 0) is 9.59 Å². The van der Waals surface area contributed by atoms with E-state index in [0.717, 1.165) is 38.8 Å². The average molecular weight is 265 g/mol. The molecule has 0 aromatic rings. The maximum atomic E-state index is 12.4. The van der Waals surface area contributed by atoms with Gasteiger partial charge in [-0.15, -0.1) is 0 Å². The van der Waals surface area contributed by atoms with Gasteiger partial charge in [-0.2, -0.15) is 0 Å². The van der Waals surface area contributed by atoms with Gasteiger partial charge in [0, 0.05) is 32.2 Å². The normalized spacial score (nSPS) is 32.9. The molecule has 3 aliphatic rings. The Hall–Kier alpha value is -1.10. The highest BCUT2D eigenvalue weighted by Gasteiger charge is 2.43. The summed E-state index contributed by atoms with van der Waals surface area (Å²) in [6.07, 6.45) is 5.45. The number of rotatable bonds is 3. The molecule has 3 heterocycles. The smallest absolute Gasteiger partial charge is 0.242 e. The van der Waals surface area contributed by atoms with E-state index in [0.29, 0.717) is 12.1 Å². The number of likely N-dealkylation sites (tertiary alicyclic amines) is 1. The molecule has 3 unspecified atom stereocenters. The number of fused-ring (bicyclic) bond motifs is 2. The Labute approximate surface area is 114 Å².